The second-order valence-electron chi connectivity index (χ2n) is 4.40. The number of unbranched alkanes of at least 4 members (excludes halogenated alkanes) is 1. The molecule has 0 aliphatic carbocycles. The van der Waals surface area contributed by atoms with Gasteiger partial charge >= 0.3 is 0 Å². The molecule has 0 unspecified atom stereocenters. The second-order valence-corrected chi connectivity index (χ2v) is 4.40. The number of fused-ring (bicyclic) bond motifs is 1. The summed E-state index contributed by atoms with van der Waals surface area (Å²) in [6, 6.07) is 7.70. The summed E-state index contributed by atoms with van der Waals surface area (Å²) >= 11 is 0. The van der Waals surface area contributed by atoms with Crippen molar-refractivity contribution in [2.75, 3.05) is 13.6 Å². The van der Waals surface area contributed by atoms with E-state index in [1.165, 1.54) is 0 Å². The van der Waals surface area contributed by atoms with Crippen LogP contribution in [0.25, 0.3) is 10.9 Å². The number of hydrogen-bond donors (Lipinski definition) is 1. The predicted molar refractivity (Wildman–Crippen MR) is 74.7 cm³/mol. The number of nitrogens with one attached hydrogen (secondary N) is 1. The number of aromatic nitrogens is 1. The first-order valence-corrected chi connectivity index (χ1v) is 6.16. The van der Waals surface area contributed by atoms with Crippen molar-refractivity contribution in [2.45, 2.75) is 12.8 Å². The average molecular weight is 242 g/mol. The van der Waals surface area contributed by atoms with Crippen molar-refractivity contribution < 1.29 is 4.79 Å². The summed E-state index contributed by atoms with van der Waals surface area (Å²) in [5.74, 6) is 0.0734. The molecular formula is C15H18N2O. The lowest BCUT2D eigenvalue weighted by molar-refractivity contribution is 0.0796. The van der Waals surface area contributed by atoms with Gasteiger partial charge in [0.05, 0.1) is 0 Å². The van der Waals surface area contributed by atoms with Crippen LogP contribution < -0.4 is 0 Å². The summed E-state index contributed by atoms with van der Waals surface area (Å²) in [6.45, 7) is 4.44. The van der Waals surface area contributed by atoms with E-state index >= 15 is 0 Å². The summed E-state index contributed by atoms with van der Waals surface area (Å²) in [4.78, 5) is 17.2. The van der Waals surface area contributed by atoms with Gasteiger partial charge < -0.3 is 9.88 Å². The van der Waals surface area contributed by atoms with Crippen molar-refractivity contribution in [2.24, 2.45) is 0 Å². The summed E-state index contributed by atoms with van der Waals surface area (Å²) in [5.41, 5.74) is 1.76. The largest absolute Gasteiger partial charge is 0.361 e. The maximum atomic E-state index is 12.3. The molecule has 1 N–H and O–H groups in total. The number of allylic oxidation sites excluding steroid dienone is 1. The van der Waals surface area contributed by atoms with Gasteiger partial charge in [0.1, 0.15) is 0 Å². The Kier molecular flexibility index (Phi) is 3.82. The van der Waals surface area contributed by atoms with Gasteiger partial charge in [0.15, 0.2) is 0 Å². The van der Waals surface area contributed by atoms with Crippen LogP contribution in [0.3, 0.4) is 0 Å². The Bertz CT molecular complexity index is 556. The zero-order chi connectivity index (χ0) is 13.0. The second kappa shape index (κ2) is 5.54. The smallest absolute Gasteiger partial charge is 0.254 e. The fourth-order valence-electron chi connectivity index (χ4n) is 2.05. The number of amides is 1. The van der Waals surface area contributed by atoms with E-state index in [2.05, 4.69) is 11.6 Å². The van der Waals surface area contributed by atoms with Crippen LogP contribution in [0.15, 0.2) is 43.1 Å². The van der Waals surface area contributed by atoms with Crippen molar-refractivity contribution in [1.82, 2.24) is 9.88 Å². The zero-order valence-corrected chi connectivity index (χ0v) is 10.6. The maximum absolute atomic E-state index is 12.3. The van der Waals surface area contributed by atoms with Gasteiger partial charge in [-0.05, 0) is 31.0 Å². The van der Waals surface area contributed by atoms with Crippen LogP contribution in [0, 0.1) is 0 Å². The number of benzene rings is 1. The number of H-pyrrole nitrogens is 1. The highest BCUT2D eigenvalue weighted by Crippen LogP contribution is 2.18. The molecule has 1 aromatic carbocycles. The Balaban J connectivity index is 2.17. The monoisotopic (exact) mass is 242 g/mol. The number of rotatable bonds is 5. The van der Waals surface area contributed by atoms with Gasteiger partial charge in [-0.1, -0.05) is 12.1 Å². The Labute approximate surface area is 107 Å². The lowest BCUT2D eigenvalue weighted by Gasteiger charge is -2.17. The highest BCUT2D eigenvalue weighted by molar-refractivity contribution is 6.06. The van der Waals surface area contributed by atoms with Gasteiger partial charge in [0.25, 0.3) is 5.91 Å². The lowest BCUT2D eigenvalue weighted by atomic mass is 10.1. The van der Waals surface area contributed by atoms with Crippen LogP contribution in [0.5, 0.6) is 0 Å². The minimum atomic E-state index is 0.0734. The van der Waals surface area contributed by atoms with Crippen LogP contribution in [0.4, 0.5) is 0 Å². The fourth-order valence-corrected chi connectivity index (χ4v) is 2.05. The van der Waals surface area contributed by atoms with Gasteiger partial charge in [0, 0.05) is 36.3 Å². The zero-order valence-electron chi connectivity index (χ0n) is 10.6. The van der Waals surface area contributed by atoms with E-state index in [-0.39, 0.29) is 5.91 Å². The van der Waals surface area contributed by atoms with Crippen LogP contribution in [-0.4, -0.2) is 29.4 Å². The first kappa shape index (κ1) is 12.4. The predicted octanol–water partition coefficient (Wildman–Crippen LogP) is 3.21. The van der Waals surface area contributed by atoms with Crippen molar-refractivity contribution in [1.29, 1.82) is 0 Å². The first-order valence-electron chi connectivity index (χ1n) is 6.16. The molecule has 1 heterocycles. The quantitative estimate of drug-likeness (QED) is 0.634. The first-order chi connectivity index (χ1) is 8.74. The van der Waals surface area contributed by atoms with E-state index in [4.69, 9.17) is 0 Å². The minimum absolute atomic E-state index is 0.0734. The molecule has 3 heteroatoms. The van der Waals surface area contributed by atoms with Gasteiger partial charge in [-0.3, -0.25) is 4.79 Å². The molecule has 2 aromatic rings. The summed E-state index contributed by atoms with van der Waals surface area (Å²) in [7, 11) is 1.84. The Morgan fingerprint density at radius 3 is 3.06 bits per heavy atom. The fraction of sp³-hybridized carbons (Fsp3) is 0.267. The molecule has 0 atom stereocenters. The summed E-state index contributed by atoms with van der Waals surface area (Å²) in [6.07, 6.45) is 5.63. The molecule has 0 fully saturated rings. The Morgan fingerprint density at radius 1 is 1.44 bits per heavy atom. The molecule has 0 spiro atoms. The molecule has 0 radical (unpaired) electrons. The van der Waals surface area contributed by atoms with E-state index in [0.717, 1.165) is 35.9 Å². The molecule has 18 heavy (non-hydrogen) atoms. The molecule has 1 aromatic heterocycles. The van der Waals surface area contributed by atoms with Crippen molar-refractivity contribution in [3.05, 3.63) is 48.7 Å². The third kappa shape index (κ3) is 2.45. The number of nitrogens with zero attached hydrogens (tertiary/aromatic N) is 1. The minimum Gasteiger partial charge on any atom is -0.361 e. The highest BCUT2D eigenvalue weighted by Gasteiger charge is 2.14. The van der Waals surface area contributed by atoms with E-state index < -0.39 is 0 Å². The average Bonchev–Trinajstić information content (AvgIpc) is 2.86. The van der Waals surface area contributed by atoms with Crippen LogP contribution in [0.2, 0.25) is 0 Å². The molecule has 0 saturated carbocycles. The number of carbonyl (C=O) groups is 1. The third-order valence-electron chi connectivity index (χ3n) is 3.07. The molecule has 0 bridgehead atoms. The van der Waals surface area contributed by atoms with Crippen molar-refractivity contribution >= 4 is 16.8 Å². The SMILES string of the molecule is C=CCCCN(C)C(=O)c1cccc2[nH]ccc12. The van der Waals surface area contributed by atoms with E-state index in [9.17, 15) is 4.79 Å². The molecule has 0 saturated heterocycles. The third-order valence-corrected chi connectivity index (χ3v) is 3.07. The molecular weight excluding hydrogens is 224 g/mol. The van der Waals surface area contributed by atoms with Gasteiger partial charge in [-0.2, -0.15) is 0 Å². The standard InChI is InChI=1S/C15H18N2O/c1-3-4-5-11-17(2)15(18)13-7-6-8-14-12(13)9-10-16-14/h3,6-10,16H,1,4-5,11H2,2H3. The molecule has 1 amide bonds. The topological polar surface area (TPSA) is 36.1 Å². The van der Waals surface area contributed by atoms with E-state index in [1.54, 1.807) is 4.90 Å². The van der Waals surface area contributed by atoms with Gasteiger partial charge in [0.2, 0.25) is 0 Å². The van der Waals surface area contributed by atoms with Crippen LogP contribution in [0.1, 0.15) is 23.2 Å². The number of aromatic amines is 1. The lowest BCUT2D eigenvalue weighted by Crippen LogP contribution is -2.27. The highest BCUT2D eigenvalue weighted by atomic mass is 16.2. The Morgan fingerprint density at radius 2 is 2.28 bits per heavy atom. The normalized spacial score (nSPS) is 10.5. The number of hydrogen-bond acceptors (Lipinski definition) is 1. The van der Waals surface area contributed by atoms with Crippen molar-refractivity contribution in [3.8, 4) is 0 Å². The van der Waals surface area contributed by atoms with E-state index in [0.29, 0.717) is 0 Å². The number of carbonyl (C=O) groups excluding carboxylic acids is 1. The molecule has 94 valence electrons. The molecule has 0 aliphatic heterocycles. The summed E-state index contributed by atoms with van der Waals surface area (Å²) < 4.78 is 0. The summed E-state index contributed by atoms with van der Waals surface area (Å²) in [5, 5.41) is 0.984. The molecule has 3 nitrogen and oxygen atoms in total. The van der Waals surface area contributed by atoms with E-state index in [1.807, 2.05) is 43.6 Å². The Hall–Kier alpha value is -2.03. The maximum Gasteiger partial charge on any atom is 0.254 e. The van der Waals surface area contributed by atoms with Gasteiger partial charge in [-0.25, -0.2) is 0 Å². The van der Waals surface area contributed by atoms with Gasteiger partial charge in [-0.15, -0.1) is 6.58 Å². The van der Waals surface area contributed by atoms with Crippen molar-refractivity contribution in [3.63, 3.8) is 0 Å². The molecule has 0 aliphatic rings. The molecule has 2 rings (SSSR count). The van der Waals surface area contributed by atoms with Crippen LogP contribution >= 0.6 is 0 Å². The van der Waals surface area contributed by atoms with Crippen LogP contribution in [-0.2, 0) is 0 Å².